The molecule has 2 aromatic carbocycles. The Kier molecular flexibility index (Phi) is 3.98. The van der Waals surface area contributed by atoms with Crippen molar-refractivity contribution in [3.63, 3.8) is 0 Å². The van der Waals surface area contributed by atoms with Gasteiger partial charge in [0.05, 0.1) is 6.04 Å². The molecule has 0 fully saturated rings. The summed E-state index contributed by atoms with van der Waals surface area (Å²) in [6, 6.07) is 16.0. The third-order valence-electron chi connectivity index (χ3n) is 4.34. The summed E-state index contributed by atoms with van der Waals surface area (Å²) in [5, 5.41) is 3.52. The minimum absolute atomic E-state index is 0.393. The normalized spacial score (nSPS) is 16.2. The molecule has 1 aliphatic heterocycles. The van der Waals surface area contributed by atoms with Crippen LogP contribution < -0.4 is 10.2 Å². The maximum absolute atomic E-state index is 3.52. The highest BCUT2D eigenvalue weighted by Crippen LogP contribution is 2.31. The molecule has 0 spiro atoms. The van der Waals surface area contributed by atoms with Crippen LogP contribution in [0.15, 0.2) is 42.5 Å². The van der Waals surface area contributed by atoms with Gasteiger partial charge in [-0.3, -0.25) is 0 Å². The predicted molar refractivity (Wildman–Crippen MR) is 89.8 cm³/mol. The van der Waals surface area contributed by atoms with Crippen molar-refractivity contribution in [3.05, 3.63) is 64.7 Å². The molecule has 0 radical (unpaired) electrons. The van der Waals surface area contributed by atoms with E-state index in [1.54, 1.807) is 0 Å². The monoisotopic (exact) mass is 280 g/mol. The molecule has 110 valence electrons. The van der Waals surface area contributed by atoms with E-state index in [0.717, 1.165) is 19.6 Å². The molecular formula is C19H24N2. The minimum Gasteiger partial charge on any atom is -0.363 e. The second kappa shape index (κ2) is 5.90. The van der Waals surface area contributed by atoms with Gasteiger partial charge in [-0.1, -0.05) is 47.5 Å². The lowest BCUT2D eigenvalue weighted by molar-refractivity contribution is 0.638. The van der Waals surface area contributed by atoms with Gasteiger partial charge in [-0.05, 0) is 38.0 Å². The molecular weight excluding hydrogens is 256 g/mol. The summed E-state index contributed by atoms with van der Waals surface area (Å²) in [5.74, 6) is 0. The smallest absolute Gasteiger partial charge is 0.0515 e. The number of nitrogens with one attached hydrogen (secondary N) is 1. The van der Waals surface area contributed by atoms with Gasteiger partial charge in [0, 0.05) is 25.3 Å². The lowest BCUT2D eigenvalue weighted by Gasteiger charge is -2.32. The first-order chi connectivity index (χ1) is 10.1. The molecule has 1 N–H and O–H groups in total. The molecule has 0 saturated heterocycles. The van der Waals surface area contributed by atoms with Crippen LogP contribution in [0.1, 0.15) is 35.2 Å². The summed E-state index contributed by atoms with van der Waals surface area (Å²) in [6.07, 6.45) is 0. The van der Waals surface area contributed by atoms with E-state index in [0.29, 0.717) is 6.04 Å². The third-order valence-corrected chi connectivity index (χ3v) is 4.34. The molecule has 0 amide bonds. The Labute approximate surface area is 127 Å². The number of benzene rings is 2. The number of fused-ring (bicyclic) bond motifs is 1. The number of hydrogen-bond donors (Lipinski definition) is 1. The Hall–Kier alpha value is -1.80. The predicted octanol–water partition coefficient (Wildman–Crippen LogP) is 3.97. The van der Waals surface area contributed by atoms with Gasteiger partial charge in [0.2, 0.25) is 0 Å². The van der Waals surface area contributed by atoms with Crippen molar-refractivity contribution in [1.82, 2.24) is 5.32 Å². The molecule has 0 saturated carbocycles. The number of hydrogen-bond acceptors (Lipinski definition) is 2. The molecule has 3 rings (SSSR count). The lowest BCUT2D eigenvalue weighted by Crippen LogP contribution is -2.31. The van der Waals surface area contributed by atoms with E-state index in [-0.39, 0.29) is 0 Å². The van der Waals surface area contributed by atoms with Crippen molar-refractivity contribution < 1.29 is 0 Å². The number of rotatable bonds is 2. The molecule has 2 aromatic rings. The number of aryl methyl sites for hydroxylation is 2. The molecule has 1 aliphatic rings. The van der Waals surface area contributed by atoms with Gasteiger partial charge in [0.15, 0.2) is 0 Å². The van der Waals surface area contributed by atoms with Gasteiger partial charge in [0.1, 0.15) is 0 Å². The summed E-state index contributed by atoms with van der Waals surface area (Å²) in [6.45, 7) is 9.72. The molecule has 1 atom stereocenters. The number of para-hydroxylation sites is 1. The second-order valence-corrected chi connectivity index (χ2v) is 6.10. The van der Waals surface area contributed by atoms with Crippen LogP contribution in [0, 0.1) is 13.8 Å². The standard InChI is InChI=1S/C19H24N2/c1-14-10-15(2)12-18(11-14)16(3)21-9-8-20-13-17-6-4-5-7-19(17)21/h4-7,10-12,16,20H,8-9,13H2,1-3H3. The van der Waals surface area contributed by atoms with Crippen molar-refractivity contribution in [3.8, 4) is 0 Å². The number of anilines is 1. The van der Waals surface area contributed by atoms with E-state index in [1.165, 1.54) is 27.9 Å². The van der Waals surface area contributed by atoms with Crippen LogP contribution in [-0.2, 0) is 6.54 Å². The van der Waals surface area contributed by atoms with Gasteiger partial charge in [0.25, 0.3) is 0 Å². The third kappa shape index (κ3) is 2.96. The first-order valence-electron chi connectivity index (χ1n) is 7.78. The van der Waals surface area contributed by atoms with Crippen LogP contribution >= 0.6 is 0 Å². The molecule has 21 heavy (non-hydrogen) atoms. The average molecular weight is 280 g/mol. The molecule has 1 heterocycles. The van der Waals surface area contributed by atoms with E-state index < -0.39 is 0 Å². The van der Waals surface area contributed by atoms with Crippen molar-refractivity contribution in [2.24, 2.45) is 0 Å². The highest BCUT2D eigenvalue weighted by molar-refractivity contribution is 5.56. The van der Waals surface area contributed by atoms with E-state index in [1.807, 2.05) is 0 Å². The Balaban J connectivity index is 1.99. The van der Waals surface area contributed by atoms with Crippen LogP contribution in [0.5, 0.6) is 0 Å². The Morgan fingerprint density at radius 1 is 1.05 bits per heavy atom. The van der Waals surface area contributed by atoms with Gasteiger partial charge in [-0.2, -0.15) is 0 Å². The van der Waals surface area contributed by atoms with Crippen molar-refractivity contribution in [2.75, 3.05) is 18.0 Å². The van der Waals surface area contributed by atoms with E-state index >= 15 is 0 Å². The molecule has 2 heteroatoms. The Morgan fingerprint density at radius 3 is 2.52 bits per heavy atom. The Bertz CT molecular complexity index is 613. The number of nitrogens with zero attached hydrogens (tertiary/aromatic N) is 1. The van der Waals surface area contributed by atoms with Gasteiger partial charge >= 0.3 is 0 Å². The maximum atomic E-state index is 3.52. The van der Waals surface area contributed by atoms with E-state index in [4.69, 9.17) is 0 Å². The van der Waals surface area contributed by atoms with Crippen molar-refractivity contribution >= 4 is 5.69 Å². The topological polar surface area (TPSA) is 15.3 Å². The maximum Gasteiger partial charge on any atom is 0.0515 e. The van der Waals surface area contributed by atoms with E-state index in [9.17, 15) is 0 Å². The van der Waals surface area contributed by atoms with Crippen LogP contribution in [0.25, 0.3) is 0 Å². The average Bonchev–Trinajstić information content (AvgIpc) is 2.68. The zero-order chi connectivity index (χ0) is 14.8. The molecule has 0 bridgehead atoms. The molecule has 0 aromatic heterocycles. The quantitative estimate of drug-likeness (QED) is 0.895. The molecule has 2 nitrogen and oxygen atoms in total. The molecule has 0 aliphatic carbocycles. The fourth-order valence-electron chi connectivity index (χ4n) is 3.32. The summed E-state index contributed by atoms with van der Waals surface area (Å²) < 4.78 is 0. The first-order valence-corrected chi connectivity index (χ1v) is 7.78. The van der Waals surface area contributed by atoms with Gasteiger partial charge in [-0.25, -0.2) is 0 Å². The second-order valence-electron chi connectivity index (χ2n) is 6.10. The van der Waals surface area contributed by atoms with Crippen LogP contribution in [-0.4, -0.2) is 13.1 Å². The van der Waals surface area contributed by atoms with Gasteiger partial charge < -0.3 is 10.2 Å². The summed E-state index contributed by atoms with van der Waals surface area (Å²) in [4.78, 5) is 2.53. The zero-order valence-corrected chi connectivity index (χ0v) is 13.2. The highest BCUT2D eigenvalue weighted by Gasteiger charge is 2.20. The fraction of sp³-hybridized carbons (Fsp3) is 0.368. The zero-order valence-electron chi connectivity index (χ0n) is 13.2. The van der Waals surface area contributed by atoms with Crippen molar-refractivity contribution in [1.29, 1.82) is 0 Å². The largest absolute Gasteiger partial charge is 0.363 e. The highest BCUT2D eigenvalue weighted by atomic mass is 15.2. The molecule has 1 unspecified atom stereocenters. The van der Waals surface area contributed by atoms with Gasteiger partial charge in [-0.15, -0.1) is 0 Å². The first kappa shape index (κ1) is 14.2. The van der Waals surface area contributed by atoms with Crippen LogP contribution in [0.4, 0.5) is 5.69 Å². The summed E-state index contributed by atoms with van der Waals surface area (Å²) in [7, 11) is 0. The van der Waals surface area contributed by atoms with Crippen LogP contribution in [0.3, 0.4) is 0 Å². The lowest BCUT2D eigenvalue weighted by atomic mass is 10.00. The summed E-state index contributed by atoms with van der Waals surface area (Å²) in [5.41, 5.74) is 6.86. The SMILES string of the molecule is Cc1cc(C)cc(C(C)N2CCNCc3ccccc32)c1. The van der Waals surface area contributed by atoms with Crippen molar-refractivity contribution in [2.45, 2.75) is 33.4 Å². The minimum atomic E-state index is 0.393. The fourth-order valence-corrected chi connectivity index (χ4v) is 3.32. The Morgan fingerprint density at radius 2 is 1.76 bits per heavy atom. The van der Waals surface area contributed by atoms with Crippen LogP contribution in [0.2, 0.25) is 0 Å². The summed E-state index contributed by atoms with van der Waals surface area (Å²) >= 11 is 0. The van der Waals surface area contributed by atoms with E-state index in [2.05, 4.69) is 73.5 Å².